The van der Waals surface area contributed by atoms with Crippen LogP contribution in [0.5, 0.6) is 0 Å². The predicted octanol–water partition coefficient (Wildman–Crippen LogP) is 2.17. The quantitative estimate of drug-likeness (QED) is 0.741. The van der Waals surface area contributed by atoms with E-state index in [-0.39, 0.29) is 0 Å². The molecule has 1 aromatic carbocycles. The van der Waals surface area contributed by atoms with Crippen LogP contribution in [-0.4, -0.2) is 17.0 Å². The van der Waals surface area contributed by atoms with E-state index in [1.165, 1.54) is 0 Å². The van der Waals surface area contributed by atoms with Crippen LogP contribution >= 0.6 is 0 Å². The van der Waals surface area contributed by atoms with Gasteiger partial charge in [-0.1, -0.05) is 0 Å². The van der Waals surface area contributed by atoms with Crippen LogP contribution in [0.15, 0.2) is 30.6 Å². The summed E-state index contributed by atoms with van der Waals surface area (Å²) in [6.45, 7) is 0. The first-order valence-corrected chi connectivity index (χ1v) is 5.15. The lowest BCUT2D eigenvalue weighted by Crippen LogP contribution is -2.19. The average molecular weight is 223 g/mol. The summed E-state index contributed by atoms with van der Waals surface area (Å²) in [5.41, 5.74) is 2.48. The number of hydrogen-bond acceptors (Lipinski definition) is 5. The van der Waals surface area contributed by atoms with Crippen LogP contribution < -0.4 is 10.2 Å². The Bertz CT molecular complexity index is 629. The number of anilines is 4. The van der Waals surface area contributed by atoms with E-state index in [1.54, 1.807) is 18.5 Å². The lowest BCUT2D eigenvalue weighted by molar-refractivity contribution is 1.07. The molecule has 82 valence electrons. The second-order valence-electron chi connectivity index (χ2n) is 3.76. The summed E-state index contributed by atoms with van der Waals surface area (Å²) in [7, 11) is 1.93. The molecule has 0 unspecified atom stereocenters. The maximum atomic E-state index is 8.88. The van der Waals surface area contributed by atoms with Crippen LogP contribution in [0.25, 0.3) is 0 Å². The second kappa shape index (κ2) is 3.46. The molecule has 0 bridgehead atoms. The number of fused-ring (bicyclic) bond motifs is 2. The van der Waals surface area contributed by atoms with Crippen molar-refractivity contribution in [2.45, 2.75) is 0 Å². The van der Waals surface area contributed by atoms with Crippen molar-refractivity contribution in [2.75, 3.05) is 17.3 Å². The molecule has 0 fully saturated rings. The topological polar surface area (TPSA) is 64.8 Å². The third-order valence-corrected chi connectivity index (χ3v) is 2.74. The van der Waals surface area contributed by atoms with Gasteiger partial charge in [-0.3, -0.25) is 0 Å². The molecule has 3 rings (SSSR count). The fourth-order valence-electron chi connectivity index (χ4n) is 1.90. The standard InChI is InChI=1S/C12H9N5/c1-17-10-3-2-8(7-13)6-9(10)16-11-12(17)15-5-4-14-11/h2-6H,1H3,(H,14,16). The van der Waals surface area contributed by atoms with E-state index in [9.17, 15) is 0 Å². The Labute approximate surface area is 98.4 Å². The highest BCUT2D eigenvalue weighted by molar-refractivity contribution is 5.88. The molecule has 1 aliphatic rings. The molecule has 5 heteroatoms. The molecule has 17 heavy (non-hydrogen) atoms. The summed E-state index contributed by atoms with van der Waals surface area (Å²) in [5, 5.41) is 12.1. The van der Waals surface area contributed by atoms with Crippen LogP contribution in [0.4, 0.5) is 23.0 Å². The first-order valence-electron chi connectivity index (χ1n) is 5.15. The monoisotopic (exact) mass is 223 g/mol. The van der Waals surface area contributed by atoms with Gasteiger partial charge < -0.3 is 10.2 Å². The van der Waals surface area contributed by atoms with Crippen molar-refractivity contribution in [2.24, 2.45) is 0 Å². The van der Waals surface area contributed by atoms with Gasteiger partial charge in [0.1, 0.15) is 0 Å². The average Bonchev–Trinajstić information content (AvgIpc) is 2.38. The van der Waals surface area contributed by atoms with Crippen molar-refractivity contribution in [1.82, 2.24) is 9.97 Å². The van der Waals surface area contributed by atoms with Gasteiger partial charge in [-0.15, -0.1) is 0 Å². The van der Waals surface area contributed by atoms with Gasteiger partial charge in [0.05, 0.1) is 23.0 Å². The summed E-state index contributed by atoms with van der Waals surface area (Å²) in [6.07, 6.45) is 3.30. The summed E-state index contributed by atoms with van der Waals surface area (Å²) < 4.78 is 0. The minimum Gasteiger partial charge on any atom is -0.335 e. The van der Waals surface area contributed by atoms with Crippen molar-refractivity contribution in [3.63, 3.8) is 0 Å². The number of rotatable bonds is 0. The van der Waals surface area contributed by atoms with Crippen molar-refractivity contribution < 1.29 is 0 Å². The van der Waals surface area contributed by atoms with Crippen molar-refractivity contribution >= 4 is 23.0 Å². The highest BCUT2D eigenvalue weighted by Crippen LogP contribution is 2.40. The molecule has 0 saturated carbocycles. The molecular weight excluding hydrogens is 214 g/mol. The van der Waals surface area contributed by atoms with Crippen molar-refractivity contribution in [3.8, 4) is 6.07 Å². The van der Waals surface area contributed by atoms with E-state index >= 15 is 0 Å². The summed E-state index contributed by atoms with van der Waals surface area (Å²) in [6, 6.07) is 7.62. The van der Waals surface area contributed by atoms with Gasteiger partial charge in [0, 0.05) is 19.4 Å². The van der Waals surface area contributed by atoms with Crippen LogP contribution in [0, 0.1) is 11.3 Å². The van der Waals surface area contributed by atoms with E-state index in [4.69, 9.17) is 5.26 Å². The van der Waals surface area contributed by atoms with E-state index in [2.05, 4.69) is 21.4 Å². The largest absolute Gasteiger partial charge is 0.335 e. The Morgan fingerprint density at radius 1 is 1.29 bits per heavy atom. The zero-order chi connectivity index (χ0) is 11.8. The summed E-state index contributed by atoms with van der Waals surface area (Å²) in [4.78, 5) is 10.5. The van der Waals surface area contributed by atoms with Gasteiger partial charge in [-0.25, -0.2) is 9.97 Å². The van der Waals surface area contributed by atoms with Gasteiger partial charge in [0.25, 0.3) is 0 Å². The highest BCUT2D eigenvalue weighted by atomic mass is 15.3. The zero-order valence-electron chi connectivity index (χ0n) is 9.18. The van der Waals surface area contributed by atoms with E-state index in [0.717, 1.165) is 17.2 Å². The van der Waals surface area contributed by atoms with E-state index in [0.29, 0.717) is 11.4 Å². The van der Waals surface area contributed by atoms with Gasteiger partial charge in [0.15, 0.2) is 11.6 Å². The van der Waals surface area contributed by atoms with Crippen molar-refractivity contribution in [1.29, 1.82) is 5.26 Å². The molecule has 2 aromatic rings. The molecule has 1 N–H and O–H groups in total. The molecule has 5 nitrogen and oxygen atoms in total. The van der Waals surface area contributed by atoms with Crippen LogP contribution in [-0.2, 0) is 0 Å². The molecule has 0 saturated heterocycles. The normalized spacial score (nSPS) is 12.1. The minimum atomic E-state index is 0.622. The Hall–Kier alpha value is -2.61. The first kappa shape index (κ1) is 9.60. The molecule has 0 amide bonds. The van der Waals surface area contributed by atoms with Gasteiger partial charge in [-0.2, -0.15) is 5.26 Å². The van der Waals surface area contributed by atoms with Crippen molar-refractivity contribution in [3.05, 3.63) is 36.2 Å². The fourth-order valence-corrected chi connectivity index (χ4v) is 1.90. The third kappa shape index (κ3) is 1.39. The van der Waals surface area contributed by atoms with Crippen LogP contribution in [0.3, 0.4) is 0 Å². The maximum absolute atomic E-state index is 8.88. The Kier molecular flexibility index (Phi) is 1.95. The van der Waals surface area contributed by atoms with E-state index < -0.39 is 0 Å². The molecule has 0 aliphatic carbocycles. The number of aromatic nitrogens is 2. The molecular formula is C12H9N5. The number of nitrogens with zero attached hydrogens (tertiary/aromatic N) is 4. The predicted molar refractivity (Wildman–Crippen MR) is 64.5 cm³/mol. The van der Waals surface area contributed by atoms with E-state index in [1.807, 2.05) is 24.1 Å². The lowest BCUT2D eigenvalue weighted by atomic mass is 10.1. The third-order valence-electron chi connectivity index (χ3n) is 2.74. The minimum absolute atomic E-state index is 0.622. The van der Waals surface area contributed by atoms with Crippen LogP contribution in [0.1, 0.15) is 5.56 Å². The molecule has 0 spiro atoms. The molecule has 2 heterocycles. The molecule has 0 atom stereocenters. The zero-order valence-corrected chi connectivity index (χ0v) is 9.18. The molecule has 0 radical (unpaired) electrons. The van der Waals surface area contributed by atoms with Gasteiger partial charge >= 0.3 is 0 Å². The smallest absolute Gasteiger partial charge is 0.176 e. The van der Waals surface area contributed by atoms with Crippen LogP contribution in [0.2, 0.25) is 0 Å². The SMILES string of the molecule is CN1c2ccc(C#N)cc2Nc2nccnc21. The Balaban J connectivity index is 2.17. The lowest BCUT2D eigenvalue weighted by Gasteiger charge is -2.28. The maximum Gasteiger partial charge on any atom is 0.176 e. The number of nitrogens with one attached hydrogen (secondary N) is 1. The Morgan fingerprint density at radius 2 is 2.12 bits per heavy atom. The summed E-state index contributed by atoms with van der Waals surface area (Å²) in [5.74, 6) is 1.49. The summed E-state index contributed by atoms with van der Waals surface area (Å²) >= 11 is 0. The first-order chi connectivity index (χ1) is 8.29. The number of nitriles is 1. The van der Waals surface area contributed by atoms with Gasteiger partial charge in [-0.05, 0) is 18.2 Å². The van der Waals surface area contributed by atoms with Gasteiger partial charge in [0.2, 0.25) is 0 Å². The fraction of sp³-hybridized carbons (Fsp3) is 0.0833. The Morgan fingerprint density at radius 3 is 2.94 bits per heavy atom. The molecule has 1 aliphatic heterocycles. The molecule has 1 aromatic heterocycles. The number of benzene rings is 1. The number of hydrogen-bond donors (Lipinski definition) is 1. The highest BCUT2D eigenvalue weighted by Gasteiger charge is 2.21. The second-order valence-corrected chi connectivity index (χ2v) is 3.76.